The van der Waals surface area contributed by atoms with Gasteiger partial charge >= 0.3 is 5.69 Å². The van der Waals surface area contributed by atoms with E-state index in [1.807, 2.05) is 20.2 Å². The average molecular weight is 276 g/mol. The van der Waals surface area contributed by atoms with Crippen LogP contribution in [0.3, 0.4) is 0 Å². The van der Waals surface area contributed by atoms with Gasteiger partial charge in [-0.25, -0.2) is 4.98 Å². The van der Waals surface area contributed by atoms with E-state index in [1.54, 1.807) is 17.8 Å². The summed E-state index contributed by atoms with van der Waals surface area (Å²) in [6.45, 7) is 2.32. The Morgan fingerprint density at radius 2 is 2.20 bits per heavy atom. The Labute approximate surface area is 116 Å². The highest BCUT2D eigenvalue weighted by atomic mass is 16.6. The molecule has 8 heteroatoms. The van der Waals surface area contributed by atoms with Gasteiger partial charge in [-0.3, -0.25) is 14.8 Å². The molecule has 2 N–H and O–H groups in total. The van der Waals surface area contributed by atoms with Gasteiger partial charge in [0.05, 0.1) is 10.6 Å². The maximum absolute atomic E-state index is 11.0. The van der Waals surface area contributed by atoms with Gasteiger partial charge in [0.2, 0.25) is 5.82 Å². The van der Waals surface area contributed by atoms with Crippen LogP contribution in [0.2, 0.25) is 0 Å². The van der Waals surface area contributed by atoms with Gasteiger partial charge in [0.25, 0.3) is 0 Å². The van der Waals surface area contributed by atoms with Crippen molar-refractivity contribution in [3.05, 3.63) is 39.7 Å². The lowest BCUT2D eigenvalue weighted by Crippen LogP contribution is -2.06. The SMILES string of the molecule is CNc1ccc([N+](=O)[O-])c(NCc2cn(C)nc2C)n1. The maximum atomic E-state index is 11.0. The van der Waals surface area contributed by atoms with Gasteiger partial charge in [-0.05, 0) is 13.0 Å². The summed E-state index contributed by atoms with van der Waals surface area (Å²) in [5.74, 6) is 0.811. The Balaban J connectivity index is 2.23. The van der Waals surface area contributed by atoms with Gasteiger partial charge in [-0.1, -0.05) is 0 Å². The molecule has 2 heterocycles. The minimum atomic E-state index is -0.453. The lowest BCUT2D eigenvalue weighted by Gasteiger charge is -2.07. The van der Waals surface area contributed by atoms with Crippen molar-refractivity contribution in [2.24, 2.45) is 7.05 Å². The van der Waals surface area contributed by atoms with Gasteiger partial charge in [0, 0.05) is 38.5 Å². The van der Waals surface area contributed by atoms with Gasteiger partial charge in [-0.2, -0.15) is 5.10 Å². The molecule has 8 nitrogen and oxygen atoms in total. The molecule has 0 radical (unpaired) electrons. The van der Waals surface area contributed by atoms with Crippen LogP contribution in [0.4, 0.5) is 17.3 Å². The van der Waals surface area contributed by atoms with Crippen molar-refractivity contribution >= 4 is 17.3 Å². The molecule has 0 aromatic carbocycles. The van der Waals surface area contributed by atoms with E-state index >= 15 is 0 Å². The van der Waals surface area contributed by atoms with Crippen molar-refractivity contribution in [2.45, 2.75) is 13.5 Å². The molecule has 0 aliphatic heterocycles. The topological polar surface area (TPSA) is 97.9 Å². The molecule has 0 unspecified atom stereocenters. The monoisotopic (exact) mass is 276 g/mol. The lowest BCUT2D eigenvalue weighted by atomic mass is 10.2. The molecule has 0 fully saturated rings. The molecule has 0 amide bonds. The van der Waals surface area contributed by atoms with E-state index in [1.165, 1.54) is 6.07 Å². The summed E-state index contributed by atoms with van der Waals surface area (Å²) < 4.78 is 1.71. The van der Waals surface area contributed by atoms with Crippen molar-refractivity contribution in [1.29, 1.82) is 0 Å². The van der Waals surface area contributed by atoms with E-state index in [0.717, 1.165) is 11.3 Å². The molecule has 0 aliphatic rings. The van der Waals surface area contributed by atoms with Crippen LogP contribution in [0.5, 0.6) is 0 Å². The van der Waals surface area contributed by atoms with Crippen LogP contribution in [0.1, 0.15) is 11.3 Å². The number of aromatic nitrogens is 3. The molecule has 0 saturated carbocycles. The van der Waals surface area contributed by atoms with Gasteiger partial charge in [-0.15, -0.1) is 0 Å². The second-order valence-corrected chi connectivity index (χ2v) is 4.34. The number of hydrogen-bond acceptors (Lipinski definition) is 6. The fourth-order valence-electron chi connectivity index (χ4n) is 1.87. The third-order valence-electron chi connectivity index (χ3n) is 2.89. The summed E-state index contributed by atoms with van der Waals surface area (Å²) in [7, 11) is 3.54. The van der Waals surface area contributed by atoms with Crippen molar-refractivity contribution in [3.8, 4) is 0 Å². The Bertz CT molecular complexity index is 637. The largest absolute Gasteiger partial charge is 0.373 e. The van der Waals surface area contributed by atoms with Gasteiger partial charge in [0.15, 0.2) is 0 Å². The second kappa shape index (κ2) is 5.55. The second-order valence-electron chi connectivity index (χ2n) is 4.34. The summed E-state index contributed by atoms with van der Waals surface area (Å²) >= 11 is 0. The summed E-state index contributed by atoms with van der Waals surface area (Å²) in [6.07, 6.45) is 1.87. The van der Waals surface area contributed by atoms with Crippen LogP contribution in [0.15, 0.2) is 18.3 Å². The molecule has 2 rings (SSSR count). The molecule has 0 atom stereocenters. The van der Waals surface area contributed by atoms with Crippen LogP contribution in [-0.4, -0.2) is 26.7 Å². The Kier molecular flexibility index (Phi) is 3.83. The summed E-state index contributed by atoms with van der Waals surface area (Å²) in [5.41, 5.74) is 1.80. The third kappa shape index (κ3) is 2.85. The quantitative estimate of drug-likeness (QED) is 0.637. The number of nitrogens with zero attached hydrogens (tertiary/aromatic N) is 4. The number of anilines is 2. The first-order chi connectivity index (χ1) is 9.51. The van der Waals surface area contributed by atoms with E-state index in [4.69, 9.17) is 0 Å². The van der Waals surface area contributed by atoms with Crippen molar-refractivity contribution in [3.63, 3.8) is 0 Å². The molecule has 106 valence electrons. The summed E-state index contributed by atoms with van der Waals surface area (Å²) in [4.78, 5) is 14.7. The smallest absolute Gasteiger partial charge is 0.311 e. The molecular formula is C12H16N6O2. The highest BCUT2D eigenvalue weighted by Gasteiger charge is 2.16. The number of hydrogen-bond donors (Lipinski definition) is 2. The third-order valence-corrected chi connectivity index (χ3v) is 2.89. The Morgan fingerprint density at radius 3 is 2.75 bits per heavy atom. The molecule has 0 aliphatic carbocycles. The minimum absolute atomic E-state index is 0.0504. The predicted octanol–water partition coefficient (Wildman–Crippen LogP) is 1.69. The molecule has 0 bridgehead atoms. The summed E-state index contributed by atoms with van der Waals surface area (Å²) in [6, 6.07) is 3.00. The first-order valence-corrected chi connectivity index (χ1v) is 6.07. The molecule has 2 aromatic rings. The first kappa shape index (κ1) is 13.8. The van der Waals surface area contributed by atoms with E-state index < -0.39 is 4.92 Å². The molecule has 0 saturated heterocycles. The zero-order chi connectivity index (χ0) is 14.7. The van der Waals surface area contributed by atoms with Gasteiger partial charge in [0.1, 0.15) is 5.82 Å². The Morgan fingerprint density at radius 1 is 1.45 bits per heavy atom. The lowest BCUT2D eigenvalue weighted by molar-refractivity contribution is -0.384. The van der Waals surface area contributed by atoms with Crippen LogP contribution in [-0.2, 0) is 13.6 Å². The van der Waals surface area contributed by atoms with E-state index in [0.29, 0.717) is 12.4 Å². The highest BCUT2D eigenvalue weighted by Crippen LogP contribution is 2.24. The normalized spacial score (nSPS) is 10.3. The van der Waals surface area contributed by atoms with Crippen LogP contribution >= 0.6 is 0 Å². The number of rotatable bonds is 5. The number of aryl methyl sites for hydroxylation is 2. The molecule has 20 heavy (non-hydrogen) atoms. The van der Waals surface area contributed by atoms with Crippen LogP contribution in [0.25, 0.3) is 0 Å². The number of nitrogens with one attached hydrogen (secondary N) is 2. The van der Waals surface area contributed by atoms with Gasteiger partial charge < -0.3 is 10.6 Å². The fraction of sp³-hybridized carbons (Fsp3) is 0.333. The number of nitro groups is 1. The fourth-order valence-corrected chi connectivity index (χ4v) is 1.87. The molecule has 0 spiro atoms. The predicted molar refractivity (Wildman–Crippen MR) is 75.7 cm³/mol. The standard InChI is InChI=1S/C12H16N6O2/c1-8-9(7-17(3)16-8)6-14-12-10(18(19)20)4-5-11(13-2)15-12/h4-5,7H,6H2,1-3H3,(H2,13,14,15). The molecular weight excluding hydrogens is 260 g/mol. The van der Waals surface area contributed by atoms with E-state index in [-0.39, 0.29) is 11.5 Å². The first-order valence-electron chi connectivity index (χ1n) is 6.07. The van der Waals surface area contributed by atoms with Crippen molar-refractivity contribution in [2.75, 3.05) is 17.7 Å². The minimum Gasteiger partial charge on any atom is -0.373 e. The maximum Gasteiger partial charge on any atom is 0.311 e. The van der Waals surface area contributed by atoms with E-state index in [2.05, 4.69) is 20.7 Å². The Hall–Kier alpha value is -2.64. The molecule has 2 aromatic heterocycles. The average Bonchev–Trinajstić information content (AvgIpc) is 2.74. The zero-order valence-electron chi connectivity index (χ0n) is 11.5. The van der Waals surface area contributed by atoms with Crippen molar-refractivity contribution in [1.82, 2.24) is 14.8 Å². The highest BCUT2D eigenvalue weighted by molar-refractivity contribution is 5.60. The number of pyridine rings is 1. The van der Waals surface area contributed by atoms with Crippen molar-refractivity contribution < 1.29 is 4.92 Å². The zero-order valence-corrected chi connectivity index (χ0v) is 11.5. The van der Waals surface area contributed by atoms with Crippen LogP contribution in [0, 0.1) is 17.0 Å². The van der Waals surface area contributed by atoms with E-state index in [9.17, 15) is 10.1 Å². The van der Waals surface area contributed by atoms with Crippen LogP contribution < -0.4 is 10.6 Å². The summed E-state index contributed by atoms with van der Waals surface area (Å²) in [5, 5.41) is 21.1.